The normalized spacial score (nSPS) is 10.8. The summed E-state index contributed by atoms with van der Waals surface area (Å²) in [7, 11) is -2.20. The van der Waals surface area contributed by atoms with Gasteiger partial charge in [-0.15, -0.1) is 0 Å². The zero-order valence-corrected chi connectivity index (χ0v) is 18.1. The summed E-state index contributed by atoms with van der Waals surface area (Å²) in [6.07, 6.45) is 3.34. The van der Waals surface area contributed by atoms with Crippen molar-refractivity contribution in [1.29, 1.82) is 5.26 Å². The highest BCUT2D eigenvalue weighted by Gasteiger charge is 2.18. The Labute approximate surface area is 186 Å². The van der Waals surface area contributed by atoms with Crippen LogP contribution in [0, 0.1) is 11.3 Å². The molecule has 0 bridgehead atoms. The molecule has 1 amide bonds. The lowest BCUT2D eigenvalue weighted by Gasteiger charge is -2.13. The number of carbonyl (C=O) groups excluding carboxylic acids is 1. The highest BCUT2D eigenvalue weighted by atomic mass is 32.2. The zero-order chi connectivity index (χ0) is 23.0. The van der Waals surface area contributed by atoms with Crippen LogP contribution < -0.4 is 14.8 Å². The molecule has 9 heteroatoms. The van der Waals surface area contributed by atoms with Gasteiger partial charge in [-0.3, -0.25) is 9.78 Å². The molecule has 0 fully saturated rings. The number of carbonyl (C=O) groups is 1. The Kier molecular flexibility index (Phi) is 7.41. The number of methoxy groups -OCH3 is 1. The van der Waals surface area contributed by atoms with Gasteiger partial charge in [-0.05, 0) is 35.9 Å². The highest BCUT2D eigenvalue weighted by molar-refractivity contribution is 7.91. The molecule has 0 aliphatic carbocycles. The fraction of sp³-hybridized carbons (Fsp3) is 0.174. The number of nitrogens with zero attached hydrogens (tertiary/aromatic N) is 2. The van der Waals surface area contributed by atoms with Gasteiger partial charge in [-0.1, -0.05) is 18.2 Å². The van der Waals surface area contributed by atoms with Crippen molar-refractivity contribution >= 4 is 21.4 Å². The molecule has 0 unspecified atom stereocenters. The van der Waals surface area contributed by atoms with Crippen molar-refractivity contribution < 1.29 is 22.7 Å². The summed E-state index contributed by atoms with van der Waals surface area (Å²) < 4.78 is 35.9. The van der Waals surface area contributed by atoms with E-state index in [2.05, 4.69) is 10.3 Å². The van der Waals surface area contributed by atoms with Gasteiger partial charge < -0.3 is 14.8 Å². The third-order valence-electron chi connectivity index (χ3n) is 4.39. The first-order valence-corrected chi connectivity index (χ1v) is 11.4. The summed E-state index contributed by atoms with van der Waals surface area (Å²) in [4.78, 5) is 16.4. The van der Waals surface area contributed by atoms with Crippen LogP contribution in [0.4, 0.5) is 5.69 Å². The van der Waals surface area contributed by atoms with Gasteiger partial charge in [0.15, 0.2) is 21.3 Å². The van der Waals surface area contributed by atoms with Crippen LogP contribution >= 0.6 is 0 Å². The van der Waals surface area contributed by atoms with E-state index in [1.165, 1.54) is 19.2 Å². The lowest BCUT2D eigenvalue weighted by Crippen LogP contribution is -2.24. The molecule has 8 nitrogen and oxygen atoms in total. The number of sulfone groups is 1. The van der Waals surface area contributed by atoms with E-state index < -0.39 is 21.5 Å². The Hall–Kier alpha value is -3.90. The molecule has 2 aromatic carbocycles. The predicted octanol–water partition coefficient (Wildman–Crippen LogP) is 3.09. The largest absolute Gasteiger partial charge is 0.493 e. The predicted molar refractivity (Wildman–Crippen MR) is 119 cm³/mol. The molecular weight excluding hydrogens is 430 g/mol. The minimum Gasteiger partial charge on any atom is -0.493 e. The molecule has 0 saturated heterocycles. The fourth-order valence-corrected chi connectivity index (χ4v) is 4.16. The number of amides is 1. The molecule has 164 valence electrons. The van der Waals surface area contributed by atoms with E-state index in [-0.39, 0.29) is 12.4 Å². The van der Waals surface area contributed by atoms with Crippen LogP contribution in [-0.4, -0.2) is 32.2 Å². The molecule has 1 heterocycles. The van der Waals surface area contributed by atoms with Crippen molar-refractivity contribution in [3.05, 3.63) is 83.7 Å². The lowest BCUT2D eigenvalue weighted by molar-refractivity contribution is -0.113. The number of nitriles is 1. The smallest absolute Gasteiger partial charge is 0.239 e. The topological polar surface area (TPSA) is 118 Å². The Balaban J connectivity index is 1.63. The molecular formula is C23H21N3O5S. The molecule has 1 aromatic heterocycles. The Morgan fingerprint density at radius 2 is 1.88 bits per heavy atom. The van der Waals surface area contributed by atoms with Crippen LogP contribution in [0.2, 0.25) is 0 Å². The third-order valence-corrected chi connectivity index (χ3v) is 5.86. The number of rotatable bonds is 9. The van der Waals surface area contributed by atoms with Crippen molar-refractivity contribution in [2.45, 2.75) is 12.4 Å². The second kappa shape index (κ2) is 10.4. The molecule has 0 radical (unpaired) electrons. The molecule has 32 heavy (non-hydrogen) atoms. The maximum Gasteiger partial charge on any atom is 0.239 e. The maximum absolute atomic E-state index is 12.4. The third kappa shape index (κ3) is 6.55. The molecule has 3 aromatic rings. The molecule has 0 spiro atoms. The first-order chi connectivity index (χ1) is 15.4. The molecule has 0 saturated carbocycles. The number of nitrogens with one attached hydrogen (secondary N) is 1. The molecule has 0 aliphatic rings. The summed E-state index contributed by atoms with van der Waals surface area (Å²) in [5.41, 5.74) is 2.18. The maximum atomic E-state index is 12.4. The molecule has 1 N–H and O–H groups in total. The number of benzene rings is 2. The van der Waals surface area contributed by atoms with E-state index in [1.807, 2.05) is 12.1 Å². The minimum atomic E-state index is -3.70. The fourth-order valence-electron chi connectivity index (χ4n) is 2.89. The minimum absolute atomic E-state index is 0.251. The van der Waals surface area contributed by atoms with Gasteiger partial charge in [0.1, 0.15) is 12.4 Å². The van der Waals surface area contributed by atoms with Crippen LogP contribution in [0.15, 0.2) is 67.0 Å². The number of anilines is 1. The van der Waals surface area contributed by atoms with Crippen molar-refractivity contribution in [3.8, 4) is 17.6 Å². The number of pyridine rings is 1. The molecule has 0 atom stereocenters. The number of aromatic nitrogens is 1. The van der Waals surface area contributed by atoms with Crippen LogP contribution in [-0.2, 0) is 27.0 Å². The first kappa shape index (κ1) is 22.8. The van der Waals surface area contributed by atoms with Crippen molar-refractivity contribution in [2.24, 2.45) is 0 Å². The van der Waals surface area contributed by atoms with Gasteiger partial charge in [-0.25, -0.2) is 8.42 Å². The second-order valence-electron chi connectivity index (χ2n) is 6.90. The summed E-state index contributed by atoms with van der Waals surface area (Å²) in [5.74, 6) is -0.768. The van der Waals surface area contributed by atoms with Crippen LogP contribution in [0.5, 0.6) is 11.5 Å². The van der Waals surface area contributed by atoms with Crippen LogP contribution in [0.3, 0.4) is 0 Å². The second-order valence-corrected chi connectivity index (χ2v) is 8.97. The first-order valence-electron chi connectivity index (χ1n) is 9.57. The lowest BCUT2D eigenvalue weighted by atomic mass is 10.2. The summed E-state index contributed by atoms with van der Waals surface area (Å²) in [6.45, 7) is 0.251. The zero-order valence-electron chi connectivity index (χ0n) is 17.3. The van der Waals surface area contributed by atoms with Crippen molar-refractivity contribution in [3.63, 3.8) is 0 Å². The summed E-state index contributed by atoms with van der Waals surface area (Å²) in [5, 5.41) is 11.4. The van der Waals surface area contributed by atoms with Crippen molar-refractivity contribution in [1.82, 2.24) is 4.98 Å². The Morgan fingerprint density at radius 1 is 1.09 bits per heavy atom. The molecule has 0 aliphatic heterocycles. The van der Waals surface area contributed by atoms with Gasteiger partial charge in [0.25, 0.3) is 0 Å². The average molecular weight is 452 g/mol. The van der Waals surface area contributed by atoms with E-state index in [0.717, 1.165) is 5.56 Å². The van der Waals surface area contributed by atoms with E-state index in [9.17, 15) is 13.2 Å². The number of hydrogen-bond acceptors (Lipinski definition) is 7. The monoisotopic (exact) mass is 451 g/mol. The van der Waals surface area contributed by atoms with Crippen LogP contribution in [0.25, 0.3) is 0 Å². The summed E-state index contributed by atoms with van der Waals surface area (Å²) in [6, 6.07) is 16.6. The van der Waals surface area contributed by atoms with Crippen LogP contribution in [0.1, 0.15) is 16.7 Å². The van der Waals surface area contributed by atoms with Crippen molar-refractivity contribution in [2.75, 3.05) is 18.2 Å². The van der Waals surface area contributed by atoms with E-state index in [0.29, 0.717) is 28.3 Å². The Bertz CT molecular complexity index is 1220. The SMILES string of the molecule is COc1ccc(NC(=O)CS(=O)(=O)Cc2ccc(C#N)cc2)cc1OCc1cccnc1. The number of hydrogen-bond donors (Lipinski definition) is 1. The van der Waals surface area contributed by atoms with Gasteiger partial charge in [0, 0.05) is 29.7 Å². The van der Waals surface area contributed by atoms with Gasteiger partial charge >= 0.3 is 0 Å². The van der Waals surface area contributed by atoms with Gasteiger partial charge in [0.05, 0.1) is 24.5 Å². The average Bonchev–Trinajstić information content (AvgIpc) is 2.78. The quantitative estimate of drug-likeness (QED) is 0.531. The Morgan fingerprint density at radius 3 is 2.53 bits per heavy atom. The highest BCUT2D eigenvalue weighted by Crippen LogP contribution is 2.31. The van der Waals surface area contributed by atoms with E-state index in [4.69, 9.17) is 14.7 Å². The van der Waals surface area contributed by atoms with E-state index >= 15 is 0 Å². The summed E-state index contributed by atoms with van der Waals surface area (Å²) >= 11 is 0. The van der Waals surface area contributed by atoms with Gasteiger partial charge in [0.2, 0.25) is 5.91 Å². The van der Waals surface area contributed by atoms with Gasteiger partial charge in [-0.2, -0.15) is 5.26 Å². The van der Waals surface area contributed by atoms with E-state index in [1.54, 1.807) is 48.8 Å². The number of ether oxygens (including phenoxy) is 2. The molecule has 3 rings (SSSR count). The standard InChI is InChI=1S/C23H21N3O5S/c1-30-21-9-8-20(11-22(21)31-14-19-3-2-10-25-13-19)26-23(27)16-32(28,29)15-18-6-4-17(12-24)5-7-18/h2-11,13H,14-16H2,1H3,(H,26,27).